The summed E-state index contributed by atoms with van der Waals surface area (Å²) in [4.78, 5) is 22.2. The molecule has 1 atom stereocenters. The van der Waals surface area contributed by atoms with E-state index in [-0.39, 0.29) is 34.6 Å². The lowest BCUT2D eigenvalue weighted by Gasteiger charge is -2.28. The van der Waals surface area contributed by atoms with Crippen LogP contribution in [0.15, 0.2) is 48.7 Å². The van der Waals surface area contributed by atoms with Gasteiger partial charge in [-0.1, -0.05) is 17.7 Å². The van der Waals surface area contributed by atoms with Crippen molar-refractivity contribution in [2.45, 2.75) is 32.2 Å². The first-order valence-electron chi connectivity index (χ1n) is 12.9. The third kappa shape index (κ3) is 5.65. The Balaban J connectivity index is 1.20. The van der Waals surface area contributed by atoms with Gasteiger partial charge < -0.3 is 19.1 Å². The zero-order chi connectivity index (χ0) is 28.7. The lowest BCUT2D eigenvalue weighted by molar-refractivity contribution is -0.0591. The first kappa shape index (κ1) is 27.3. The molecule has 12 heteroatoms. The molecule has 0 unspecified atom stereocenters. The van der Waals surface area contributed by atoms with Gasteiger partial charge >= 0.3 is 5.97 Å². The molecule has 4 heterocycles. The molecule has 1 saturated heterocycles. The van der Waals surface area contributed by atoms with Crippen LogP contribution in [0.3, 0.4) is 0 Å². The predicted molar refractivity (Wildman–Crippen MR) is 144 cm³/mol. The zero-order valence-corrected chi connectivity index (χ0v) is 22.4. The maximum atomic E-state index is 14.8. The number of fused-ring (bicyclic) bond motifs is 1. The van der Waals surface area contributed by atoms with Gasteiger partial charge in [-0.05, 0) is 48.4 Å². The minimum Gasteiger partial charge on any atom is -0.484 e. The van der Waals surface area contributed by atoms with Crippen LogP contribution in [0.25, 0.3) is 16.6 Å². The van der Waals surface area contributed by atoms with Crippen molar-refractivity contribution in [1.29, 1.82) is 0 Å². The number of pyridine rings is 1. The summed E-state index contributed by atoms with van der Waals surface area (Å²) in [5.74, 6) is -2.48. The number of carboxylic acids is 1. The molecule has 6 rings (SSSR count). The number of imidazole rings is 1. The van der Waals surface area contributed by atoms with Gasteiger partial charge in [-0.15, -0.1) is 0 Å². The van der Waals surface area contributed by atoms with Gasteiger partial charge in [-0.25, -0.2) is 22.9 Å². The van der Waals surface area contributed by atoms with Crippen molar-refractivity contribution in [1.82, 2.24) is 19.4 Å². The number of rotatable bonds is 9. The van der Waals surface area contributed by atoms with Crippen molar-refractivity contribution in [3.63, 3.8) is 0 Å². The van der Waals surface area contributed by atoms with Crippen LogP contribution >= 0.6 is 11.6 Å². The van der Waals surface area contributed by atoms with Crippen molar-refractivity contribution < 1.29 is 32.5 Å². The Kier molecular flexibility index (Phi) is 7.41. The third-order valence-corrected chi connectivity index (χ3v) is 7.43. The fraction of sp³-hybridized carbons (Fsp3) is 0.276. The Morgan fingerprint density at radius 2 is 1.98 bits per heavy atom. The number of benzene rings is 2. The van der Waals surface area contributed by atoms with Gasteiger partial charge in [0.15, 0.2) is 17.4 Å². The van der Waals surface area contributed by atoms with E-state index in [1.807, 2.05) is 15.5 Å². The van der Waals surface area contributed by atoms with Gasteiger partial charge in [-0.3, -0.25) is 9.88 Å². The molecule has 1 N–H and O–H groups in total. The molecule has 2 aromatic heterocycles. The molecule has 2 aliphatic heterocycles. The van der Waals surface area contributed by atoms with Crippen molar-refractivity contribution >= 4 is 34.2 Å². The van der Waals surface area contributed by atoms with Crippen molar-refractivity contribution in [2.75, 3.05) is 19.7 Å². The Morgan fingerprint density at radius 3 is 2.71 bits per heavy atom. The summed E-state index contributed by atoms with van der Waals surface area (Å²) in [5, 5.41) is 9.68. The smallest absolute Gasteiger partial charge is 0.335 e. The Labute approximate surface area is 237 Å². The molecule has 1 fully saturated rings. The number of ether oxygens (including phenoxy) is 2. The van der Waals surface area contributed by atoms with Crippen LogP contribution in [0.2, 0.25) is 5.02 Å². The second kappa shape index (κ2) is 11.2. The molecular formula is C29H24ClF3N4O4. The molecule has 2 aliphatic rings. The maximum absolute atomic E-state index is 14.8. The van der Waals surface area contributed by atoms with E-state index in [2.05, 4.69) is 9.97 Å². The lowest BCUT2D eigenvalue weighted by Crippen LogP contribution is -2.32. The standard InChI is InChI=1S/C29H24ClF3N4O4/c30-18-1-2-26(22(31)9-18)41-15-19-10-21(24(33)11-34-19)16-3-5-36(12-16)14-27-35-28-23(32)7-17(29(38)39)8-25(28)37(27)13-20-4-6-40-20/h1-3,7-11,20H,4-6,12-15H2,(H,38,39)/t20-/m0/s1. The van der Waals surface area contributed by atoms with Crippen LogP contribution in [-0.4, -0.2) is 56.3 Å². The van der Waals surface area contributed by atoms with Crippen LogP contribution in [-0.2, 0) is 24.4 Å². The van der Waals surface area contributed by atoms with Gasteiger partial charge in [0, 0.05) is 30.3 Å². The molecule has 0 spiro atoms. The van der Waals surface area contributed by atoms with E-state index in [4.69, 9.17) is 21.1 Å². The normalized spacial score (nSPS) is 17.1. The summed E-state index contributed by atoms with van der Waals surface area (Å²) >= 11 is 5.78. The van der Waals surface area contributed by atoms with E-state index >= 15 is 0 Å². The zero-order valence-electron chi connectivity index (χ0n) is 21.6. The van der Waals surface area contributed by atoms with Crippen LogP contribution in [0.5, 0.6) is 5.75 Å². The number of hydrogen-bond acceptors (Lipinski definition) is 6. The van der Waals surface area contributed by atoms with E-state index in [9.17, 15) is 23.1 Å². The number of carbonyl (C=O) groups is 1. The Hall–Kier alpha value is -3.93. The van der Waals surface area contributed by atoms with E-state index in [0.29, 0.717) is 55.4 Å². The first-order chi connectivity index (χ1) is 19.7. The van der Waals surface area contributed by atoms with Crippen LogP contribution in [0.1, 0.15) is 33.9 Å². The topological polar surface area (TPSA) is 89.7 Å². The van der Waals surface area contributed by atoms with Gasteiger partial charge in [0.2, 0.25) is 0 Å². The molecule has 0 aliphatic carbocycles. The average molecular weight is 585 g/mol. The fourth-order valence-electron chi connectivity index (χ4n) is 4.99. The van der Waals surface area contributed by atoms with Gasteiger partial charge in [0.1, 0.15) is 23.8 Å². The Morgan fingerprint density at radius 1 is 1.15 bits per heavy atom. The molecule has 0 radical (unpaired) electrons. The van der Waals surface area contributed by atoms with E-state index < -0.39 is 23.4 Å². The second-order valence-electron chi connectivity index (χ2n) is 9.97. The highest BCUT2D eigenvalue weighted by molar-refractivity contribution is 6.30. The molecule has 41 heavy (non-hydrogen) atoms. The monoisotopic (exact) mass is 584 g/mol. The van der Waals surface area contributed by atoms with Gasteiger partial charge in [0.05, 0.1) is 42.2 Å². The van der Waals surface area contributed by atoms with Crippen molar-refractivity contribution in [2.24, 2.45) is 0 Å². The summed E-state index contributed by atoms with van der Waals surface area (Å²) in [6.45, 7) is 2.19. The molecule has 0 saturated carbocycles. The highest BCUT2D eigenvalue weighted by Gasteiger charge is 2.26. The SMILES string of the molecule is O=C(O)c1cc(F)c2nc(CN3CC=C(c4cc(COc5ccc(Cl)cc5F)ncc4F)C3)n(C[C@@H]3CCO3)c2c1. The number of hydrogen-bond donors (Lipinski definition) is 1. The number of halogens is 4. The van der Waals surface area contributed by atoms with E-state index in [1.54, 1.807) is 6.07 Å². The maximum Gasteiger partial charge on any atom is 0.335 e. The minimum absolute atomic E-state index is 0.00966. The number of aromatic carboxylic acids is 1. The molecule has 212 valence electrons. The molecule has 4 aromatic rings. The average Bonchev–Trinajstić information content (AvgIpc) is 3.51. The summed E-state index contributed by atoms with van der Waals surface area (Å²) in [6.07, 6.45) is 3.78. The third-order valence-electron chi connectivity index (χ3n) is 7.20. The van der Waals surface area contributed by atoms with Crippen LogP contribution < -0.4 is 4.74 Å². The van der Waals surface area contributed by atoms with Gasteiger partial charge in [-0.2, -0.15) is 0 Å². The molecular weight excluding hydrogens is 561 g/mol. The summed E-state index contributed by atoms with van der Waals surface area (Å²) < 4.78 is 56.6. The predicted octanol–water partition coefficient (Wildman–Crippen LogP) is 5.47. The van der Waals surface area contributed by atoms with Crippen LogP contribution in [0, 0.1) is 17.5 Å². The van der Waals surface area contributed by atoms with E-state index in [0.717, 1.165) is 30.3 Å². The highest BCUT2D eigenvalue weighted by Crippen LogP contribution is 2.29. The minimum atomic E-state index is -1.23. The number of carboxylic acid groups (broad SMARTS) is 1. The number of nitrogens with zero attached hydrogens (tertiary/aromatic N) is 4. The van der Waals surface area contributed by atoms with E-state index in [1.165, 1.54) is 18.2 Å². The highest BCUT2D eigenvalue weighted by atomic mass is 35.5. The molecule has 0 bridgehead atoms. The van der Waals surface area contributed by atoms with Gasteiger partial charge in [0.25, 0.3) is 0 Å². The first-order valence-corrected chi connectivity index (χ1v) is 13.3. The fourth-order valence-corrected chi connectivity index (χ4v) is 5.14. The number of aromatic nitrogens is 3. The molecule has 8 nitrogen and oxygen atoms in total. The molecule has 0 amide bonds. The summed E-state index contributed by atoms with van der Waals surface area (Å²) in [6, 6.07) is 8.04. The summed E-state index contributed by atoms with van der Waals surface area (Å²) in [5.41, 5.74) is 1.83. The molecule has 2 aromatic carbocycles. The quantitative estimate of drug-likeness (QED) is 0.279. The largest absolute Gasteiger partial charge is 0.484 e. The summed E-state index contributed by atoms with van der Waals surface area (Å²) in [7, 11) is 0. The Bertz CT molecular complexity index is 1690. The van der Waals surface area contributed by atoms with Crippen LogP contribution in [0.4, 0.5) is 13.2 Å². The second-order valence-corrected chi connectivity index (χ2v) is 10.4. The lowest BCUT2D eigenvalue weighted by atomic mass is 10.1. The van der Waals surface area contributed by atoms with Crippen molar-refractivity contribution in [3.8, 4) is 5.75 Å². The van der Waals surface area contributed by atoms with Crippen molar-refractivity contribution in [3.05, 3.63) is 93.8 Å².